The second-order valence-corrected chi connectivity index (χ2v) is 1.56. The first-order chi connectivity index (χ1) is 4.52. The third-order valence-corrected chi connectivity index (χ3v) is 0.845. The Morgan fingerprint density at radius 1 is 1.20 bits per heavy atom. The maximum absolute atomic E-state index is 11.7. The first-order valence-electron chi connectivity index (χ1n) is 2.54. The average molecular weight is 148 g/mol. The summed E-state index contributed by atoms with van der Waals surface area (Å²) in [7, 11) is 0. The van der Waals surface area contributed by atoms with Gasteiger partial charge >= 0.3 is 6.18 Å². The highest BCUT2D eigenvalue weighted by atomic mass is 19.4. The van der Waals surface area contributed by atoms with Gasteiger partial charge in [-0.1, -0.05) is 31.4 Å². The molecule has 0 atom stereocenters. The van der Waals surface area contributed by atoms with Crippen LogP contribution in [-0.4, -0.2) is 6.18 Å². The molecule has 0 aliphatic carbocycles. The van der Waals surface area contributed by atoms with Gasteiger partial charge in [0.1, 0.15) is 0 Å². The summed E-state index contributed by atoms with van der Waals surface area (Å²) >= 11 is 0. The standard InChI is InChI=1S/C7H7F3/c1-3-5-6(4-2)7(8,9)10/h3-5H,1-2H2/b6-5+. The van der Waals surface area contributed by atoms with E-state index in [1.54, 1.807) is 0 Å². The third kappa shape index (κ3) is 2.53. The predicted molar refractivity (Wildman–Crippen MR) is 34.5 cm³/mol. The van der Waals surface area contributed by atoms with Crippen molar-refractivity contribution in [2.45, 2.75) is 6.18 Å². The second kappa shape index (κ2) is 3.25. The zero-order valence-corrected chi connectivity index (χ0v) is 5.28. The first kappa shape index (κ1) is 9.01. The molecule has 0 aromatic rings. The molecule has 10 heavy (non-hydrogen) atoms. The van der Waals surface area contributed by atoms with Crippen LogP contribution in [0.3, 0.4) is 0 Å². The molecule has 0 rings (SSSR count). The minimum atomic E-state index is -4.31. The normalized spacial score (nSPS) is 12.9. The van der Waals surface area contributed by atoms with Crippen LogP contribution in [0.15, 0.2) is 37.0 Å². The summed E-state index contributed by atoms with van der Waals surface area (Å²) in [5.41, 5.74) is -0.775. The maximum Gasteiger partial charge on any atom is 0.416 e. The molecule has 0 saturated carbocycles. The molecule has 0 N–H and O–H groups in total. The topological polar surface area (TPSA) is 0 Å². The Hall–Kier alpha value is -0.990. The van der Waals surface area contributed by atoms with Crippen LogP contribution in [0.4, 0.5) is 13.2 Å². The van der Waals surface area contributed by atoms with Crippen LogP contribution in [0.1, 0.15) is 0 Å². The molecule has 0 spiro atoms. The fourth-order valence-electron chi connectivity index (χ4n) is 0.405. The zero-order chi connectivity index (χ0) is 8.20. The van der Waals surface area contributed by atoms with Crippen molar-refractivity contribution in [3.63, 3.8) is 0 Å². The second-order valence-electron chi connectivity index (χ2n) is 1.56. The molecule has 0 aromatic carbocycles. The number of hydrogen-bond donors (Lipinski definition) is 0. The van der Waals surface area contributed by atoms with Crippen molar-refractivity contribution < 1.29 is 13.2 Å². The van der Waals surface area contributed by atoms with Gasteiger partial charge in [-0.25, -0.2) is 0 Å². The lowest BCUT2D eigenvalue weighted by Gasteiger charge is -2.04. The smallest absolute Gasteiger partial charge is 0.166 e. The van der Waals surface area contributed by atoms with E-state index in [0.717, 1.165) is 18.2 Å². The number of allylic oxidation sites excluding steroid dienone is 4. The highest BCUT2D eigenvalue weighted by Gasteiger charge is 2.30. The molecular formula is C7H7F3. The van der Waals surface area contributed by atoms with E-state index in [1.807, 2.05) is 0 Å². The maximum atomic E-state index is 11.7. The molecule has 0 unspecified atom stereocenters. The Bertz CT molecular complexity index is 162. The molecule has 0 aromatic heterocycles. The van der Waals surface area contributed by atoms with Crippen molar-refractivity contribution in [3.05, 3.63) is 37.0 Å². The lowest BCUT2D eigenvalue weighted by molar-refractivity contribution is -0.0881. The fourth-order valence-corrected chi connectivity index (χ4v) is 0.405. The molecule has 0 heterocycles. The minimum absolute atomic E-state index is 0.752. The fraction of sp³-hybridized carbons (Fsp3) is 0.143. The number of alkyl halides is 3. The predicted octanol–water partition coefficient (Wildman–Crippen LogP) is 2.85. The van der Waals surface area contributed by atoms with Crippen LogP contribution in [-0.2, 0) is 0 Å². The van der Waals surface area contributed by atoms with Crippen LogP contribution < -0.4 is 0 Å². The van der Waals surface area contributed by atoms with Crippen LogP contribution in [0, 0.1) is 0 Å². The SMILES string of the molecule is C=C/C=C(\C=C)C(F)(F)F. The van der Waals surface area contributed by atoms with E-state index in [2.05, 4.69) is 13.2 Å². The summed E-state index contributed by atoms with van der Waals surface area (Å²) in [5, 5.41) is 0. The van der Waals surface area contributed by atoms with Crippen molar-refractivity contribution in [3.8, 4) is 0 Å². The van der Waals surface area contributed by atoms with E-state index in [9.17, 15) is 13.2 Å². The van der Waals surface area contributed by atoms with Gasteiger partial charge in [0.2, 0.25) is 0 Å². The first-order valence-corrected chi connectivity index (χ1v) is 2.54. The van der Waals surface area contributed by atoms with Gasteiger partial charge in [-0.2, -0.15) is 13.2 Å². The van der Waals surface area contributed by atoms with E-state index in [1.165, 1.54) is 0 Å². The van der Waals surface area contributed by atoms with Gasteiger partial charge in [0.15, 0.2) is 0 Å². The molecule has 0 radical (unpaired) electrons. The average Bonchev–Trinajstić information content (AvgIpc) is 1.80. The highest BCUT2D eigenvalue weighted by molar-refractivity contribution is 5.25. The zero-order valence-electron chi connectivity index (χ0n) is 5.28. The van der Waals surface area contributed by atoms with Crippen molar-refractivity contribution >= 4 is 0 Å². The lowest BCUT2D eigenvalue weighted by atomic mass is 10.2. The van der Waals surface area contributed by atoms with Crippen LogP contribution in [0.25, 0.3) is 0 Å². The lowest BCUT2D eigenvalue weighted by Crippen LogP contribution is -2.09. The molecule has 0 bridgehead atoms. The van der Waals surface area contributed by atoms with E-state index in [0.29, 0.717) is 0 Å². The number of halogens is 3. The summed E-state index contributed by atoms with van der Waals surface area (Å²) in [5.74, 6) is 0. The Kier molecular flexibility index (Phi) is 2.93. The van der Waals surface area contributed by atoms with Crippen molar-refractivity contribution in [1.82, 2.24) is 0 Å². The molecule has 3 heteroatoms. The van der Waals surface area contributed by atoms with E-state index in [-0.39, 0.29) is 0 Å². The van der Waals surface area contributed by atoms with Gasteiger partial charge in [0.05, 0.1) is 5.57 Å². The Balaban J connectivity index is 4.51. The van der Waals surface area contributed by atoms with Gasteiger partial charge in [-0.15, -0.1) is 0 Å². The van der Waals surface area contributed by atoms with Gasteiger partial charge in [-0.05, 0) is 0 Å². The summed E-state index contributed by atoms with van der Waals surface area (Å²) < 4.78 is 35.2. The summed E-state index contributed by atoms with van der Waals surface area (Å²) in [6, 6.07) is 0. The monoisotopic (exact) mass is 148 g/mol. The van der Waals surface area contributed by atoms with Gasteiger partial charge < -0.3 is 0 Å². The minimum Gasteiger partial charge on any atom is -0.166 e. The molecule has 0 aliphatic rings. The van der Waals surface area contributed by atoms with Crippen molar-refractivity contribution in [1.29, 1.82) is 0 Å². The molecule has 0 saturated heterocycles. The number of rotatable bonds is 2. The highest BCUT2D eigenvalue weighted by Crippen LogP contribution is 2.25. The quantitative estimate of drug-likeness (QED) is 0.528. The van der Waals surface area contributed by atoms with Gasteiger partial charge in [0, 0.05) is 0 Å². The molecule has 56 valence electrons. The summed E-state index contributed by atoms with van der Waals surface area (Å²) in [6.07, 6.45) is -1.62. The number of hydrogen-bond acceptors (Lipinski definition) is 0. The Morgan fingerprint density at radius 2 is 1.70 bits per heavy atom. The van der Waals surface area contributed by atoms with Crippen LogP contribution in [0.2, 0.25) is 0 Å². The molecule has 0 nitrogen and oxygen atoms in total. The largest absolute Gasteiger partial charge is 0.416 e. The summed E-state index contributed by atoms with van der Waals surface area (Å²) in [4.78, 5) is 0. The Labute approximate surface area is 57.4 Å². The third-order valence-electron chi connectivity index (χ3n) is 0.845. The van der Waals surface area contributed by atoms with E-state index in [4.69, 9.17) is 0 Å². The van der Waals surface area contributed by atoms with Crippen molar-refractivity contribution in [2.75, 3.05) is 0 Å². The van der Waals surface area contributed by atoms with E-state index >= 15 is 0 Å². The molecular weight excluding hydrogens is 141 g/mol. The molecule has 0 fully saturated rings. The summed E-state index contributed by atoms with van der Waals surface area (Å²) in [6.45, 7) is 6.15. The van der Waals surface area contributed by atoms with Crippen LogP contribution in [0.5, 0.6) is 0 Å². The van der Waals surface area contributed by atoms with Crippen molar-refractivity contribution in [2.24, 2.45) is 0 Å². The van der Waals surface area contributed by atoms with Gasteiger partial charge in [-0.3, -0.25) is 0 Å². The van der Waals surface area contributed by atoms with E-state index < -0.39 is 11.7 Å². The van der Waals surface area contributed by atoms with Gasteiger partial charge in [0.25, 0.3) is 0 Å². The molecule has 0 aliphatic heterocycles. The molecule has 0 amide bonds. The Morgan fingerprint density at radius 3 is 1.80 bits per heavy atom. The van der Waals surface area contributed by atoms with Crippen LogP contribution >= 0.6 is 0 Å².